The molecule has 1 aromatic heterocycles. The van der Waals surface area contributed by atoms with E-state index >= 15 is 0 Å². The van der Waals surface area contributed by atoms with Crippen LogP contribution in [0.5, 0.6) is 5.75 Å². The van der Waals surface area contributed by atoms with Crippen LogP contribution in [0.1, 0.15) is 12.0 Å². The Bertz CT molecular complexity index is 930. The first-order valence-electron chi connectivity index (χ1n) is 9.76. The summed E-state index contributed by atoms with van der Waals surface area (Å²) in [5, 5.41) is 5.46. The zero-order chi connectivity index (χ0) is 19.3. The van der Waals surface area contributed by atoms with Crippen molar-refractivity contribution in [2.45, 2.75) is 19.5 Å². The average Bonchev–Trinajstić information content (AvgIpc) is 3.15. The number of carbonyl (C=O) groups is 1. The smallest absolute Gasteiger partial charge is 0.224 e. The van der Waals surface area contributed by atoms with E-state index in [4.69, 9.17) is 4.74 Å². The molecule has 0 unspecified atom stereocenters. The Morgan fingerprint density at radius 1 is 1.07 bits per heavy atom. The quantitative estimate of drug-likeness (QED) is 0.662. The monoisotopic (exact) mass is 378 g/mol. The lowest BCUT2D eigenvalue weighted by molar-refractivity contribution is -0.133. The molecule has 0 aliphatic carbocycles. The fourth-order valence-corrected chi connectivity index (χ4v) is 3.73. The maximum absolute atomic E-state index is 12.6. The lowest BCUT2D eigenvalue weighted by Crippen LogP contribution is -2.48. The van der Waals surface area contributed by atoms with Crippen molar-refractivity contribution in [3.63, 3.8) is 0 Å². The average molecular weight is 378 g/mol. The maximum Gasteiger partial charge on any atom is 0.224 e. The van der Waals surface area contributed by atoms with E-state index in [1.807, 2.05) is 40.0 Å². The van der Waals surface area contributed by atoms with Gasteiger partial charge in [-0.1, -0.05) is 30.3 Å². The van der Waals surface area contributed by atoms with Gasteiger partial charge in [0, 0.05) is 44.5 Å². The van der Waals surface area contributed by atoms with Crippen LogP contribution in [0.15, 0.2) is 54.7 Å². The topological polar surface area (TPSA) is 50.6 Å². The van der Waals surface area contributed by atoms with E-state index in [9.17, 15) is 4.79 Å². The van der Waals surface area contributed by atoms with Gasteiger partial charge in [0.1, 0.15) is 5.75 Å². The van der Waals surface area contributed by atoms with E-state index in [2.05, 4.69) is 34.3 Å². The summed E-state index contributed by atoms with van der Waals surface area (Å²) in [6.45, 7) is 4.98. The lowest BCUT2D eigenvalue weighted by atomic mass is 10.2. The van der Waals surface area contributed by atoms with E-state index in [1.54, 1.807) is 7.11 Å². The highest BCUT2D eigenvalue weighted by Crippen LogP contribution is 2.20. The minimum absolute atomic E-state index is 0.205. The number of fused-ring (bicyclic) bond motifs is 1. The third-order valence-electron chi connectivity index (χ3n) is 5.36. The summed E-state index contributed by atoms with van der Waals surface area (Å²) in [4.78, 5) is 17.0. The molecule has 0 radical (unpaired) electrons. The molecule has 0 spiro atoms. The molecule has 6 nitrogen and oxygen atoms in total. The molecule has 3 aromatic rings. The van der Waals surface area contributed by atoms with Gasteiger partial charge in [0.15, 0.2) is 0 Å². The molecule has 1 fully saturated rings. The Labute approximate surface area is 165 Å². The number of aryl methyl sites for hydroxylation is 1. The highest BCUT2D eigenvalue weighted by atomic mass is 16.5. The number of carbonyl (C=O) groups excluding carboxylic acids is 1. The van der Waals surface area contributed by atoms with Gasteiger partial charge >= 0.3 is 0 Å². The summed E-state index contributed by atoms with van der Waals surface area (Å²) in [6.07, 6.45) is 2.30. The summed E-state index contributed by atoms with van der Waals surface area (Å²) in [5.41, 5.74) is 2.35. The van der Waals surface area contributed by atoms with Crippen molar-refractivity contribution in [3.8, 4) is 5.75 Å². The summed E-state index contributed by atoms with van der Waals surface area (Å²) >= 11 is 0. The molecule has 0 saturated carbocycles. The van der Waals surface area contributed by atoms with Crippen LogP contribution < -0.4 is 4.74 Å². The number of rotatable bonds is 6. The number of hydrogen-bond donors (Lipinski definition) is 0. The first-order chi connectivity index (χ1) is 13.7. The van der Waals surface area contributed by atoms with E-state index < -0.39 is 0 Å². The van der Waals surface area contributed by atoms with Crippen LogP contribution in [-0.2, 0) is 17.9 Å². The second-order valence-corrected chi connectivity index (χ2v) is 7.18. The Kier molecular flexibility index (Phi) is 5.58. The second kappa shape index (κ2) is 8.44. The molecule has 1 saturated heterocycles. The normalized spacial score (nSPS) is 15.1. The minimum atomic E-state index is 0.205. The summed E-state index contributed by atoms with van der Waals surface area (Å²) in [5.74, 6) is 1.02. The number of hydrogen-bond acceptors (Lipinski definition) is 4. The first kappa shape index (κ1) is 18.5. The molecular formula is C22H26N4O2. The minimum Gasteiger partial charge on any atom is -0.497 e. The number of benzene rings is 2. The van der Waals surface area contributed by atoms with Gasteiger partial charge < -0.3 is 9.64 Å². The third kappa shape index (κ3) is 4.17. The number of piperazine rings is 1. The van der Waals surface area contributed by atoms with Crippen molar-refractivity contribution in [1.29, 1.82) is 0 Å². The summed E-state index contributed by atoms with van der Waals surface area (Å²) < 4.78 is 7.15. The number of nitrogens with zero attached hydrogens (tertiary/aromatic N) is 4. The van der Waals surface area contributed by atoms with Gasteiger partial charge in [0.05, 0.1) is 25.4 Å². The second-order valence-electron chi connectivity index (χ2n) is 7.18. The number of methoxy groups -OCH3 is 1. The lowest BCUT2D eigenvalue weighted by Gasteiger charge is -2.34. The third-order valence-corrected chi connectivity index (χ3v) is 5.36. The molecule has 6 heteroatoms. The molecule has 0 N–H and O–H groups in total. The van der Waals surface area contributed by atoms with Crippen molar-refractivity contribution in [2.24, 2.45) is 0 Å². The number of aromatic nitrogens is 2. The molecule has 2 aromatic carbocycles. The molecular weight excluding hydrogens is 352 g/mol. The standard InChI is InChI=1S/C22H26N4O2/c1-28-20-7-8-21-19(15-20)16-23-26(21)10-9-22(27)25-13-11-24(12-14-25)17-18-5-3-2-4-6-18/h2-8,15-16H,9-14,17H2,1H3. The molecule has 28 heavy (non-hydrogen) atoms. The molecule has 1 amide bonds. The van der Waals surface area contributed by atoms with Crippen LogP contribution in [0.25, 0.3) is 10.9 Å². The Hall–Kier alpha value is -2.86. The molecule has 146 valence electrons. The zero-order valence-corrected chi connectivity index (χ0v) is 16.3. The van der Waals surface area contributed by atoms with Gasteiger partial charge in [0.25, 0.3) is 0 Å². The van der Waals surface area contributed by atoms with Gasteiger partial charge in [-0.3, -0.25) is 14.4 Å². The molecule has 1 aliphatic rings. The van der Waals surface area contributed by atoms with Crippen molar-refractivity contribution in [3.05, 3.63) is 60.3 Å². The van der Waals surface area contributed by atoms with Crippen molar-refractivity contribution >= 4 is 16.8 Å². The van der Waals surface area contributed by atoms with E-state index in [0.29, 0.717) is 13.0 Å². The number of amides is 1. The van der Waals surface area contributed by atoms with E-state index in [1.165, 1.54) is 5.56 Å². The fourth-order valence-electron chi connectivity index (χ4n) is 3.73. The van der Waals surface area contributed by atoms with E-state index in [0.717, 1.165) is 49.4 Å². The van der Waals surface area contributed by atoms with Crippen LogP contribution in [-0.4, -0.2) is 58.8 Å². The summed E-state index contributed by atoms with van der Waals surface area (Å²) in [6, 6.07) is 16.4. The van der Waals surface area contributed by atoms with Crippen LogP contribution >= 0.6 is 0 Å². The van der Waals surface area contributed by atoms with Gasteiger partial charge in [-0.25, -0.2) is 0 Å². The van der Waals surface area contributed by atoms with E-state index in [-0.39, 0.29) is 5.91 Å². The van der Waals surface area contributed by atoms with Crippen LogP contribution in [0.4, 0.5) is 0 Å². The Morgan fingerprint density at radius 2 is 1.86 bits per heavy atom. The van der Waals surface area contributed by atoms with Crippen molar-refractivity contribution < 1.29 is 9.53 Å². The maximum atomic E-state index is 12.6. The van der Waals surface area contributed by atoms with Crippen molar-refractivity contribution in [2.75, 3.05) is 33.3 Å². The molecule has 0 atom stereocenters. The van der Waals surface area contributed by atoms with Crippen LogP contribution in [0, 0.1) is 0 Å². The predicted molar refractivity (Wildman–Crippen MR) is 109 cm³/mol. The highest BCUT2D eigenvalue weighted by molar-refractivity contribution is 5.81. The van der Waals surface area contributed by atoms with Gasteiger partial charge in [-0.2, -0.15) is 5.10 Å². The molecule has 1 aliphatic heterocycles. The first-order valence-corrected chi connectivity index (χ1v) is 9.76. The van der Waals surface area contributed by atoms with Gasteiger partial charge in [-0.15, -0.1) is 0 Å². The molecule has 2 heterocycles. The zero-order valence-electron chi connectivity index (χ0n) is 16.3. The fraction of sp³-hybridized carbons (Fsp3) is 0.364. The molecule has 4 rings (SSSR count). The predicted octanol–water partition coefficient (Wildman–Crippen LogP) is 2.78. The highest BCUT2D eigenvalue weighted by Gasteiger charge is 2.21. The molecule has 0 bridgehead atoms. The summed E-state index contributed by atoms with van der Waals surface area (Å²) in [7, 11) is 1.66. The number of ether oxygens (including phenoxy) is 1. The Balaban J connectivity index is 1.28. The van der Waals surface area contributed by atoms with Gasteiger partial charge in [0.2, 0.25) is 5.91 Å². The van der Waals surface area contributed by atoms with Crippen LogP contribution in [0.2, 0.25) is 0 Å². The largest absolute Gasteiger partial charge is 0.497 e. The SMILES string of the molecule is COc1ccc2c(cnn2CCC(=O)N2CCN(Cc3ccccc3)CC2)c1. The van der Waals surface area contributed by atoms with Crippen LogP contribution in [0.3, 0.4) is 0 Å². The van der Waals surface area contributed by atoms with Crippen molar-refractivity contribution in [1.82, 2.24) is 19.6 Å². The Morgan fingerprint density at radius 3 is 2.61 bits per heavy atom. The van der Waals surface area contributed by atoms with Gasteiger partial charge in [-0.05, 0) is 23.8 Å².